The van der Waals surface area contributed by atoms with E-state index >= 15 is 0 Å². The van der Waals surface area contributed by atoms with Crippen molar-refractivity contribution in [2.24, 2.45) is 5.92 Å². The normalized spacial score (nSPS) is 17.7. The summed E-state index contributed by atoms with van der Waals surface area (Å²) in [6.45, 7) is 5.00. The fourth-order valence-electron chi connectivity index (χ4n) is 3.52. The number of amides is 3. The molecular weight excluding hydrogens is 420 g/mol. The van der Waals surface area contributed by atoms with Crippen LogP contribution in [0.25, 0.3) is 0 Å². The van der Waals surface area contributed by atoms with Gasteiger partial charge in [-0.15, -0.1) is 0 Å². The summed E-state index contributed by atoms with van der Waals surface area (Å²) in [5.41, 5.74) is 1.65. The van der Waals surface area contributed by atoms with Crippen molar-refractivity contribution in [3.8, 4) is 5.88 Å². The second-order valence-corrected chi connectivity index (χ2v) is 10.2. The van der Waals surface area contributed by atoms with Gasteiger partial charge in [-0.05, 0) is 56.6 Å². The minimum Gasteiger partial charge on any atom is -0.477 e. The van der Waals surface area contributed by atoms with E-state index in [1.807, 2.05) is 26.0 Å². The highest BCUT2D eigenvalue weighted by molar-refractivity contribution is 7.89. The van der Waals surface area contributed by atoms with E-state index in [0.717, 1.165) is 11.3 Å². The van der Waals surface area contributed by atoms with E-state index in [0.29, 0.717) is 50.6 Å². The lowest BCUT2D eigenvalue weighted by Gasteiger charge is -2.19. The first-order valence-corrected chi connectivity index (χ1v) is 12.6. The zero-order chi connectivity index (χ0) is 22.4. The predicted octanol–water partition coefficient (Wildman–Crippen LogP) is 2.27. The van der Waals surface area contributed by atoms with Crippen LogP contribution in [0.5, 0.6) is 5.88 Å². The van der Waals surface area contributed by atoms with E-state index in [4.69, 9.17) is 4.74 Å². The molecule has 2 heterocycles. The Morgan fingerprint density at radius 2 is 2.03 bits per heavy atom. The molecule has 3 rings (SSSR count). The molecule has 0 unspecified atom stereocenters. The monoisotopic (exact) mass is 452 g/mol. The lowest BCUT2D eigenvalue weighted by Crippen LogP contribution is -2.31. The molecule has 0 aromatic carbocycles. The molecule has 172 valence electrons. The number of imide groups is 1. The highest BCUT2D eigenvalue weighted by Crippen LogP contribution is 2.30. The number of aromatic nitrogens is 1. The zero-order valence-electron chi connectivity index (χ0n) is 18.2. The molecule has 10 heteroatoms. The van der Waals surface area contributed by atoms with Crippen LogP contribution in [0.2, 0.25) is 0 Å². The molecule has 2 fully saturated rings. The maximum absolute atomic E-state index is 12.6. The van der Waals surface area contributed by atoms with Crippen LogP contribution in [0, 0.1) is 12.8 Å². The Morgan fingerprint density at radius 3 is 2.68 bits per heavy atom. The number of carbonyl (C=O) groups is 2. The highest BCUT2D eigenvalue weighted by Gasteiger charge is 2.26. The second kappa shape index (κ2) is 10.4. The minimum atomic E-state index is -3.46. The number of hydrogen-bond donors (Lipinski definition) is 2. The first kappa shape index (κ1) is 23.5. The average molecular weight is 453 g/mol. The van der Waals surface area contributed by atoms with Gasteiger partial charge in [-0.2, -0.15) is 0 Å². The van der Waals surface area contributed by atoms with Crippen molar-refractivity contribution in [3.05, 3.63) is 23.4 Å². The SMILES string of the molecule is CC[C@@H](NS(=O)(=O)CCCCCN1CC(=O)NC1=O)c1cc(C)nc(OCC2CC2)c1. The predicted molar refractivity (Wildman–Crippen MR) is 116 cm³/mol. The smallest absolute Gasteiger partial charge is 0.324 e. The molecule has 1 aliphatic heterocycles. The molecule has 31 heavy (non-hydrogen) atoms. The maximum Gasteiger partial charge on any atom is 0.324 e. The molecule has 3 amide bonds. The van der Waals surface area contributed by atoms with Crippen LogP contribution in [-0.4, -0.2) is 55.7 Å². The van der Waals surface area contributed by atoms with Crippen molar-refractivity contribution >= 4 is 22.0 Å². The Labute approximate surface area is 184 Å². The topological polar surface area (TPSA) is 118 Å². The number of aryl methyl sites for hydroxylation is 1. The number of pyridine rings is 1. The lowest BCUT2D eigenvalue weighted by molar-refractivity contribution is -0.118. The summed E-state index contributed by atoms with van der Waals surface area (Å²) in [6, 6.07) is 3.00. The maximum atomic E-state index is 12.6. The number of sulfonamides is 1. The van der Waals surface area contributed by atoms with Gasteiger partial charge in [-0.25, -0.2) is 22.9 Å². The third-order valence-corrected chi connectivity index (χ3v) is 6.93. The number of rotatable bonds is 13. The molecule has 1 saturated heterocycles. The Kier molecular flexibility index (Phi) is 7.88. The summed E-state index contributed by atoms with van der Waals surface area (Å²) in [5, 5.41) is 2.23. The summed E-state index contributed by atoms with van der Waals surface area (Å²) in [5.74, 6) is 0.884. The molecule has 1 saturated carbocycles. The molecule has 1 aromatic heterocycles. The van der Waals surface area contributed by atoms with Crippen molar-refractivity contribution in [2.75, 3.05) is 25.4 Å². The molecule has 0 spiro atoms. The Morgan fingerprint density at radius 1 is 1.26 bits per heavy atom. The van der Waals surface area contributed by atoms with Crippen molar-refractivity contribution in [3.63, 3.8) is 0 Å². The standard InChI is InChI=1S/C21H32N4O5S/c1-3-18(17-11-15(2)22-20(12-17)30-14-16-7-8-16)24-31(28,29)10-6-4-5-9-25-13-19(26)23-21(25)27/h11-12,16,18,24H,3-10,13-14H2,1-2H3,(H,23,26,27)/t18-/m1/s1. The van der Waals surface area contributed by atoms with Gasteiger partial charge in [0.2, 0.25) is 21.8 Å². The van der Waals surface area contributed by atoms with Gasteiger partial charge in [-0.3, -0.25) is 10.1 Å². The molecular formula is C21H32N4O5S. The molecule has 2 N–H and O–H groups in total. The van der Waals surface area contributed by atoms with E-state index in [1.54, 1.807) is 0 Å². The molecule has 1 aromatic rings. The van der Waals surface area contributed by atoms with E-state index in [-0.39, 0.29) is 30.3 Å². The van der Waals surface area contributed by atoms with E-state index in [2.05, 4.69) is 15.0 Å². The van der Waals surface area contributed by atoms with Gasteiger partial charge in [0.05, 0.1) is 12.4 Å². The van der Waals surface area contributed by atoms with Crippen LogP contribution >= 0.6 is 0 Å². The molecule has 1 aliphatic carbocycles. The number of carbonyl (C=O) groups excluding carboxylic acids is 2. The quantitative estimate of drug-likeness (QED) is 0.350. The van der Waals surface area contributed by atoms with Crippen LogP contribution < -0.4 is 14.8 Å². The van der Waals surface area contributed by atoms with Crippen molar-refractivity contribution in [1.82, 2.24) is 19.9 Å². The van der Waals surface area contributed by atoms with Crippen molar-refractivity contribution in [1.29, 1.82) is 0 Å². The Bertz CT molecular complexity index is 901. The molecule has 2 aliphatic rings. The minimum absolute atomic E-state index is 0.0176. The number of urea groups is 1. The fraction of sp³-hybridized carbons (Fsp3) is 0.667. The van der Waals surface area contributed by atoms with Crippen molar-refractivity contribution < 1.29 is 22.7 Å². The summed E-state index contributed by atoms with van der Waals surface area (Å²) in [7, 11) is -3.46. The van der Waals surface area contributed by atoms with Crippen LogP contribution in [0.3, 0.4) is 0 Å². The first-order chi connectivity index (χ1) is 14.8. The number of ether oxygens (including phenoxy) is 1. The van der Waals surface area contributed by atoms with Gasteiger partial charge in [0.1, 0.15) is 6.54 Å². The third kappa shape index (κ3) is 7.46. The van der Waals surface area contributed by atoms with Gasteiger partial charge >= 0.3 is 6.03 Å². The van der Waals surface area contributed by atoms with Gasteiger partial charge < -0.3 is 9.64 Å². The number of unbranched alkanes of at least 4 members (excludes halogenated alkanes) is 2. The average Bonchev–Trinajstić information content (AvgIpc) is 3.47. The first-order valence-electron chi connectivity index (χ1n) is 11.0. The van der Waals surface area contributed by atoms with Gasteiger partial charge in [-0.1, -0.05) is 13.3 Å². The second-order valence-electron chi connectivity index (χ2n) is 8.37. The van der Waals surface area contributed by atoms with E-state index < -0.39 is 10.0 Å². The summed E-state index contributed by atoms with van der Waals surface area (Å²) in [6.07, 6.45) is 4.80. The van der Waals surface area contributed by atoms with Gasteiger partial charge in [0.25, 0.3) is 0 Å². The lowest BCUT2D eigenvalue weighted by atomic mass is 10.1. The molecule has 9 nitrogen and oxygen atoms in total. The largest absolute Gasteiger partial charge is 0.477 e. The van der Waals surface area contributed by atoms with Gasteiger partial charge in [0.15, 0.2) is 0 Å². The van der Waals surface area contributed by atoms with E-state index in [9.17, 15) is 18.0 Å². The Balaban J connectivity index is 1.47. The van der Waals surface area contributed by atoms with Crippen LogP contribution in [0.1, 0.15) is 62.7 Å². The number of nitrogens with one attached hydrogen (secondary N) is 2. The number of nitrogens with zero attached hydrogens (tertiary/aromatic N) is 2. The summed E-state index contributed by atoms with van der Waals surface area (Å²) in [4.78, 5) is 28.5. The Hall–Kier alpha value is -2.20. The molecule has 0 radical (unpaired) electrons. The van der Waals surface area contributed by atoms with Crippen LogP contribution in [0.15, 0.2) is 12.1 Å². The van der Waals surface area contributed by atoms with Gasteiger partial charge in [0, 0.05) is 24.3 Å². The highest BCUT2D eigenvalue weighted by atomic mass is 32.2. The molecule has 1 atom stereocenters. The van der Waals surface area contributed by atoms with Crippen LogP contribution in [0.4, 0.5) is 4.79 Å². The van der Waals surface area contributed by atoms with E-state index in [1.165, 1.54) is 17.7 Å². The third-order valence-electron chi connectivity index (χ3n) is 5.46. The summed E-state index contributed by atoms with van der Waals surface area (Å²) >= 11 is 0. The fourth-order valence-corrected chi connectivity index (χ4v) is 4.96. The molecule has 0 bridgehead atoms. The zero-order valence-corrected chi connectivity index (χ0v) is 19.0. The van der Waals surface area contributed by atoms with Crippen molar-refractivity contribution in [2.45, 2.75) is 58.4 Å². The number of hydrogen-bond acceptors (Lipinski definition) is 6. The summed E-state index contributed by atoms with van der Waals surface area (Å²) < 4.78 is 33.8. The van der Waals surface area contributed by atoms with Crippen LogP contribution in [-0.2, 0) is 14.8 Å².